The summed E-state index contributed by atoms with van der Waals surface area (Å²) in [4.78, 5) is 58.0. The average Bonchev–Trinajstić information content (AvgIpc) is 2.85. The fourth-order valence-electron chi connectivity index (χ4n) is 2.82. The molecule has 0 radical (unpaired) electrons. The van der Waals surface area contributed by atoms with Crippen molar-refractivity contribution in [3.8, 4) is 0 Å². The van der Waals surface area contributed by atoms with Crippen molar-refractivity contribution in [2.45, 2.75) is 44.4 Å². The predicted molar refractivity (Wildman–Crippen MR) is 130 cm³/mol. The number of esters is 1. The van der Waals surface area contributed by atoms with Gasteiger partial charge < -0.3 is 36.8 Å². The second-order valence-corrected chi connectivity index (χ2v) is 7.66. The molecule has 0 heterocycles. The van der Waals surface area contributed by atoms with Crippen LogP contribution in [0.1, 0.15) is 25.3 Å². The van der Waals surface area contributed by atoms with E-state index >= 15 is 0 Å². The molecule has 0 aliphatic rings. The predicted octanol–water partition coefficient (Wildman–Crippen LogP) is -0.530. The van der Waals surface area contributed by atoms with E-state index in [-0.39, 0.29) is 32.0 Å². The normalized spacial score (nSPS) is 12.2. The van der Waals surface area contributed by atoms with E-state index in [0.29, 0.717) is 19.4 Å². The van der Waals surface area contributed by atoms with Gasteiger partial charge in [0, 0.05) is 6.42 Å². The number of carbonyl (C=O) groups excluding carboxylic acids is 4. The van der Waals surface area contributed by atoms with Gasteiger partial charge in [0.05, 0.1) is 13.2 Å². The Morgan fingerprint density at radius 3 is 2.11 bits per heavy atom. The lowest BCUT2D eigenvalue weighted by atomic mass is 10.0. The molecule has 0 fully saturated rings. The number of nitrogens with one attached hydrogen (secondary N) is 4. The van der Waals surface area contributed by atoms with E-state index in [4.69, 9.17) is 20.4 Å². The maximum absolute atomic E-state index is 13.0. The zero-order valence-electron chi connectivity index (χ0n) is 21.1. The summed E-state index contributed by atoms with van der Waals surface area (Å²) >= 11 is 0. The quantitative estimate of drug-likeness (QED) is 0.166. The minimum absolute atomic E-state index is 0.0508. The van der Waals surface area contributed by atoms with Gasteiger partial charge in [0.2, 0.25) is 17.7 Å². The third-order valence-corrected chi connectivity index (χ3v) is 4.56. The standard InChI is InChI=1S/C21H33N5O5.C2HF3O2/c1-3-31-19(28)14-24-20(29)16(10-7-11-22)26-21(30)17(25-18(27)13-23-2)12-15-8-5-4-6-9-15;3-2(4,5)1(6)7/h4-6,8-9,16-17,23H,3,7,10-14,22H2,1-2H3,(H,24,29)(H,25,27)(H,26,30);(H,6,7). The molecule has 12 nitrogen and oxygen atoms in total. The Hall–Kier alpha value is -3.72. The van der Waals surface area contributed by atoms with E-state index in [0.717, 1.165) is 5.56 Å². The summed E-state index contributed by atoms with van der Waals surface area (Å²) in [5, 5.41) is 17.7. The van der Waals surface area contributed by atoms with Gasteiger partial charge in [-0.1, -0.05) is 30.3 Å². The van der Waals surface area contributed by atoms with E-state index in [1.54, 1.807) is 14.0 Å². The van der Waals surface area contributed by atoms with Crippen LogP contribution in [-0.2, 0) is 35.1 Å². The summed E-state index contributed by atoms with van der Waals surface area (Å²) in [6, 6.07) is 7.46. The molecule has 7 N–H and O–H groups in total. The van der Waals surface area contributed by atoms with Gasteiger partial charge in [-0.15, -0.1) is 0 Å². The van der Waals surface area contributed by atoms with Crippen LogP contribution < -0.4 is 27.0 Å². The van der Waals surface area contributed by atoms with Gasteiger partial charge in [0.25, 0.3) is 0 Å². The Kier molecular flexibility index (Phi) is 16.7. The molecule has 2 unspecified atom stereocenters. The monoisotopic (exact) mass is 549 g/mol. The summed E-state index contributed by atoms with van der Waals surface area (Å²) in [6.07, 6.45) is -4.04. The van der Waals surface area contributed by atoms with Gasteiger partial charge in [0.15, 0.2) is 0 Å². The Bertz CT molecular complexity index is 901. The molecule has 0 spiro atoms. The molecule has 0 aromatic heterocycles. The van der Waals surface area contributed by atoms with Crippen LogP contribution >= 0.6 is 0 Å². The molecule has 3 amide bonds. The lowest BCUT2D eigenvalue weighted by Gasteiger charge is -2.23. The van der Waals surface area contributed by atoms with E-state index in [1.807, 2.05) is 30.3 Å². The molecular formula is C23H34F3N5O7. The Labute approximate surface area is 217 Å². The first-order valence-electron chi connectivity index (χ1n) is 11.6. The van der Waals surface area contributed by atoms with Crippen molar-refractivity contribution in [2.24, 2.45) is 5.73 Å². The van der Waals surface area contributed by atoms with Crippen molar-refractivity contribution in [3.63, 3.8) is 0 Å². The van der Waals surface area contributed by atoms with Crippen LogP contribution in [0.3, 0.4) is 0 Å². The van der Waals surface area contributed by atoms with Gasteiger partial charge in [-0.25, -0.2) is 4.79 Å². The van der Waals surface area contributed by atoms with Gasteiger partial charge in [-0.3, -0.25) is 19.2 Å². The summed E-state index contributed by atoms with van der Waals surface area (Å²) in [6.45, 7) is 1.96. The van der Waals surface area contributed by atoms with Crippen molar-refractivity contribution in [1.82, 2.24) is 21.3 Å². The molecule has 0 saturated heterocycles. The van der Waals surface area contributed by atoms with Crippen molar-refractivity contribution >= 4 is 29.7 Å². The maximum Gasteiger partial charge on any atom is 0.490 e. The highest BCUT2D eigenvalue weighted by Crippen LogP contribution is 2.13. The van der Waals surface area contributed by atoms with Crippen LogP contribution in [0, 0.1) is 0 Å². The van der Waals surface area contributed by atoms with Crippen molar-refractivity contribution in [2.75, 3.05) is 33.3 Å². The number of rotatable bonds is 14. The van der Waals surface area contributed by atoms with E-state index in [1.165, 1.54) is 0 Å². The van der Waals surface area contributed by atoms with Crippen LogP contribution in [0.4, 0.5) is 13.2 Å². The number of carboxylic acids is 1. The largest absolute Gasteiger partial charge is 0.490 e. The first-order chi connectivity index (χ1) is 17.8. The van der Waals surface area contributed by atoms with Crippen LogP contribution in [0.25, 0.3) is 0 Å². The molecule has 2 atom stereocenters. The smallest absolute Gasteiger partial charge is 0.475 e. The molecule has 1 aromatic carbocycles. The van der Waals surface area contributed by atoms with Crippen molar-refractivity contribution < 1.29 is 47.0 Å². The molecular weight excluding hydrogens is 515 g/mol. The van der Waals surface area contributed by atoms with Crippen molar-refractivity contribution in [1.29, 1.82) is 0 Å². The second kappa shape index (κ2) is 18.5. The zero-order chi connectivity index (χ0) is 29.1. The summed E-state index contributed by atoms with van der Waals surface area (Å²) in [5.74, 6) is -4.69. The molecule has 0 aliphatic carbocycles. The van der Waals surface area contributed by atoms with E-state index in [2.05, 4.69) is 21.3 Å². The van der Waals surface area contributed by atoms with Crippen LogP contribution in [0.5, 0.6) is 0 Å². The Balaban J connectivity index is 0.00000171. The highest BCUT2D eigenvalue weighted by Gasteiger charge is 2.38. The molecule has 15 heteroatoms. The maximum atomic E-state index is 13.0. The Morgan fingerprint density at radius 1 is 1.00 bits per heavy atom. The third kappa shape index (κ3) is 15.4. The number of hydrogen-bond acceptors (Lipinski definition) is 8. The van der Waals surface area contributed by atoms with Crippen LogP contribution in [-0.4, -0.2) is 86.3 Å². The highest BCUT2D eigenvalue weighted by atomic mass is 19.4. The van der Waals surface area contributed by atoms with Gasteiger partial charge >= 0.3 is 18.1 Å². The topological polar surface area (TPSA) is 189 Å². The number of alkyl halides is 3. The number of hydrogen-bond donors (Lipinski definition) is 6. The minimum Gasteiger partial charge on any atom is -0.475 e. The van der Waals surface area contributed by atoms with Gasteiger partial charge in [0.1, 0.15) is 18.6 Å². The molecule has 214 valence electrons. The number of benzene rings is 1. The molecule has 0 bridgehead atoms. The first-order valence-corrected chi connectivity index (χ1v) is 11.6. The number of aliphatic carboxylic acids is 1. The fourth-order valence-corrected chi connectivity index (χ4v) is 2.82. The van der Waals surface area contributed by atoms with Crippen LogP contribution in [0.15, 0.2) is 30.3 Å². The number of carboxylic acid groups (broad SMARTS) is 1. The van der Waals surface area contributed by atoms with Gasteiger partial charge in [-0.05, 0) is 38.9 Å². The number of likely N-dealkylation sites (N-methyl/N-ethyl adjacent to an activating group) is 1. The van der Waals surface area contributed by atoms with E-state index < -0.39 is 42.0 Å². The number of halogens is 3. The molecule has 1 rings (SSSR count). The first kappa shape index (κ1) is 34.3. The molecule has 1 aromatic rings. The lowest BCUT2D eigenvalue weighted by Crippen LogP contribution is -2.55. The lowest BCUT2D eigenvalue weighted by molar-refractivity contribution is -0.192. The number of carbonyl (C=O) groups is 5. The summed E-state index contributed by atoms with van der Waals surface area (Å²) in [7, 11) is 1.63. The Morgan fingerprint density at radius 2 is 1.61 bits per heavy atom. The van der Waals surface area contributed by atoms with Gasteiger partial charge in [-0.2, -0.15) is 13.2 Å². The SMILES string of the molecule is CCOC(=O)CNC(=O)C(CCCN)NC(=O)C(Cc1ccccc1)NC(=O)CNC.O=C(O)C(F)(F)F. The molecule has 38 heavy (non-hydrogen) atoms. The fraction of sp³-hybridized carbons (Fsp3) is 0.522. The highest BCUT2D eigenvalue weighted by molar-refractivity contribution is 5.93. The average molecular weight is 550 g/mol. The molecule has 0 saturated carbocycles. The molecule has 0 aliphatic heterocycles. The van der Waals surface area contributed by atoms with Crippen molar-refractivity contribution in [3.05, 3.63) is 35.9 Å². The van der Waals surface area contributed by atoms with Crippen LogP contribution in [0.2, 0.25) is 0 Å². The second-order valence-electron chi connectivity index (χ2n) is 7.66. The number of amides is 3. The minimum atomic E-state index is -5.08. The van der Waals surface area contributed by atoms with E-state index in [9.17, 15) is 32.3 Å². The summed E-state index contributed by atoms with van der Waals surface area (Å²) < 4.78 is 36.5. The third-order valence-electron chi connectivity index (χ3n) is 4.56. The zero-order valence-corrected chi connectivity index (χ0v) is 21.1. The number of nitrogens with two attached hydrogens (primary N) is 1. The number of ether oxygens (including phenoxy) is 1. The summed E-state index contributed by atoms with van der Waals surface area (Å²) in [5.41, 5.74) is 6.41.